The summed E-state index contributed by atoms with van der Waals surface area (Å²) in [6, 6.07) is 12.4. The van der Waals surface area contributed by atoms with Crippen molar-refractivity contribution in [2.45, 2.75) is 44.6 Å². The molecule has 1 atom stereocenters. The molecule has 3 aromatic heterocycles. The molecule has 42 heavy (non-hydrogen) atoms. The molecule has 1 aliphatic heterocycles. The van der Waals surface area contributed by atoms with Gasteiger partial charge in [0.2, 0.25) is 5.91 Å². The average Bonchev–Trinajstić information content (AvgIpc) is 3.49. The topological polar surface area (TPSA) is 106 Å². The van der Waals surface area contributed by atoms with E-state index in [1.807, 2.05) is 18.3 Å². The normalized spacial score (nSPS) is 17.6. The van der Waals surface area contributed by atoms with Crippen molar-refractivity contribution in [2.24, 2.45) is 5.92 Å². The quantitative estimate of drug-likeness (QED) is 0.269. The zero-order chi connectivity index (χ0) is 29.2. The Bertz CT molecular complexity index is 1650. The van der Waals surface area contributed by atoms with Crippen molar-refractivity contribution in [3.05, 3.63) is 71.0 Å². The Labute approximate surface area is 244 Å². The predicted molar refractivity (Wildman–Crippen MR) is 165 cm³/mol. The highest BCUT2D eigenvalue weighted by Gasteiger charge is 2.25. The van der Waals surface area contributed by atoms with Crippen LogP contribution in [0.15, 0.2) is 59.7 Å². The molecule has 9 nitrogen and oxygen atoms in total. The van der Waals surface area contributed by atoms with Crippen molar-refractivity contribution in [1.82, 2.24) is 19.9 Å². The molecular weight excluding hydrogens is 533 g/mol. The van der Waals surface area contributed by atoms with Gasteiger partial charge in [-0.1, -0.05) is 19.3 Å². The summed E-state index contributed by atoms with van der Waals surface area (Å²) in [6.07, 6.45) is 9.45. The number of anilines is 4. The van der Waals surface area contributed by atoms with Crippen molar-refractivity contribution in [3.63, 3.8) is 0 Å². The number of benzene rings is 1. The van der Waals surface area contributed by atoms with Gasteiger partial charge < -0.3 is 25.4 Å². The first kappa shape index (κ1) is 27.8. The van der Waals surface area contributed by atoms with E-state index in [1.165, 1.54) is 12.3 Å². The van der Waals surface area contributed by atoms with Crippen LogP contribution in [0.2, 0.25) is 0 Å². The number of aromatic nitrogens is 3. The van der Waals surface area contributed by atoms with Gasteiger partial charge in [-0.2, -0.15) is 0 Å². The Hall–Kier alpha value is -4.31. The van der Waals surface area contributed by atoms with E-state index in [0.717, 1.165) is 57.3 Å². The first-order chi connectivity index (χ1) is 20.4. The Morgan fingerprint density at radius 2 is 1.90 bits per heavy atom. The molecule has 0 spiro atoms. The van der Waals surface area contributed by atoms with Crippen LogP contribution in [0.3, 0.4) is 0 Å². The first-order valence-corrected chi connectivity index (χ1v) is 14.6. The number of pyridine rings is 3. The lowest BCUT2D eigenvalue weighted by Crippen LogP contribution is -2.31. The number of H-pyrrole nitrogens is 1. The number of nitrogens with zero attached hydrogens (tertiary/aromatic N) is 4. The Morgan fingerprint density at radius 1 is 1.07 bits per heavy atom. The molecule has 1 aromatic carbocycles. The Kier molecular flexibility index (Phi) is 7.88. The van der Waals surface area contributed by atoms with Gasteiger partial charge in [-0.15, -0.1) is 0 Å². The molecule has 218 valence electrons. The SMILES string of the molecule is CN(C)C1CCN(c2ccc(Nc3cc(-c4ccc(NC(=O)C5CCCCC5)cc4F)nc4cc[nH]c(=O)c34)nc2)C1. The monoisotopic (exact) mass is 569 g/mol. The second kappa shape index (κ2) is 11.9. The Morgan fingerprint density at radius 3 is 2.62 bits per heavy atom. The van der Waals surface area contributed by atoms with Crippen LogP contribution in [0.1, 0.15) is 38.5 Å². The van der Waals surface area contributed by atoms with Crippen LogP contribution < -0.4 is 21.1 Å². The third kappa shape index (κ3) is 5.85. The maximum absolute atomic E-state index is 15.4. The number of amides is 1. The minimum atomic E-state index is -0.511. The highest BCUT2D eigenvalue weighted by molar-refractivity contribution is 5.95. The van der Waals surface area contributed by atoms with E-state index in [4.69, 9.17) is 0 Å². The number of nitrogens with one attached hydrogen (secondary N) is 3. The largest absolute Gasteiger partial charge is 0.369 e. The lowest BCUT2D eigenvalue weighted by Gasteiger charge is -2.21. The summed E-state index contributed by atoms with van der Waals surface area (Å²) in [4.78, 5) is 42.0. The molecule has 2 fully saturated rings. The molecule has 2 aliphatic rings. The van der Waals surface area contributed by atoms with Gasteiger partial charge in [-0.25, -0.2) is 14.4 Å². The van der Waals surface area contributed by atoms with E-state index in [9.17, 15) is 9.59 Å². The number of hydrogen-bond acceptors (Lipinski definition) is 7. The molecular formula is C32H36FN7O2. The van der Waals surface area contributed by atoms with Crippen LogP contribution in [0, 0.1) is 11.7 Å². The molecule has 0 radical (unpaired) electrons. The van der Waals surface area contributed by atoms with Crippen molar-refractivity contribution in [2.75, 3.05) is 42.7 Å². The smallest absolute Gasteiger partial charge is 0.259 e. The van der Waals surface area contributed by atoms with Gasteiger partial charge in [0.05, 0.1) is 34.2 Å². The molecule has 6 rings (SSSR count). The van der Waals surface area contributed by atoms with Gasteiger partial charge >= 0.3 is 0 Å². The zero-order valence-corrected chi connectivity index (χ0v) is 24.0. The maximum Gasteiger partial charge on any atom is 0.259 e. The number of likely N-dealkylation sites (N-methyl/N-ethyl adjacent to an activating group) is 1. The van der Waals surface area contributed by atoms with Gasteiger partial charge in [-0.3, -0.25) is 9.59 Å². The van der Waals surface area contributed by atoms with Crippen molar-refractivity contribution < 1.29 is 9.18 Å². The van der Waals surface area contributed by atoms with Gasteiger partial charge in [0.1, 0.15) is 11.6 Å². The van der Waals surface area contributed by atoms with E-state index < -0.39 is 5.82 Å². The number of carbonyl (C=O) groups excluding carboxylic acids is 1. The summed E-state index contributed by atoms with van der Waals surface area (Å²) in [7, 11) is 4.20. The second-order valence-electron chi connectivity index (χ2n) is 11.5. The number of fused-ring (bicyclic) bond motifs is 1. The fourth-order valence-corrected chi connectivity index (χ4v) is 6.02. The van der Waals surface area contributed by atoms with Gasteiger partial charge in [-0.05, 0) is 75.8 Å². The summed E-state index contributed by atoms with van der Waals surface area (Å²) < 4.78 is 15.4. The van der Waals surface area contributed by atoms with E-state index in [-0.39, 0.29) is 22.9 Å². The number of rotatable bonds is 7. The van der Waals surface area contributed by atoms with E-state index in [1.54, 1.807) is 24.3 Å². The minimum Gasteiger partial charge on any atom is -0.369 e. The molecule has 1 aliphatic carbocycles. The van der Waals surface area contributed by atoms with Gasteiger partial charge in [0, 0.05) is 42.5 Å². The van der Waals surface area contributed by atoms with Crippen LogP contribution in [-0.2, 0) is 4.79 Å². The molecule has 3 N–H and O–H groups in total. The second-order valence-corrected chi connectivity index (χ2v) is 11.5. The Balaban J connectivity index is 1.26. The molecule has 1 unspecified atom stereocenters. The molecule has 10 heteroatoms. The summed E-state index contributed by atoms with van der Waals surface area (Å²) in [5.74, 6) is -0.0335. The lowest BCUT2D eigenvalue weighted by molar-refractivity contribution is -0.120. The summed E-state index contributed by atoms with van der Waals surface area (Å²) >= 11 is 0. The summed E-state index contributed by atoms with van der Waals surface area (Å²) in [5.41, 5.74) is 2.68. The highest BCUT2D eigenvalue weighted by Crippen LogP contribution is 2.32. The van der Waals surface area contributed by atoms with Crippen LogP contribution in [0.25, 0.3) is 22.2 Å². The average molecular weight is 570 g/mol. The molecule has 4 aromatic rings. The number of aromatic amines is 1. The van der Waals surface area contributed by atoms with Crippen LogP contribution in [-0.4, -0.2) is 59.0 Å². The third-order valence-corrected chi connectivity index (χ3v) is 8.49. The van der Waals surface area contributed by atoms with Gasteiger partial charge in [0.15, 0.2) is 0 Å². The standard InChI is InChI=1S/C32H36FN7O2/c1-39(2)23-13-15-40(19-23)22-9-11-29(35-18-22)38-28-17-27(37-26-12-14-34-32(42)30(26)28)24-10-8-21(16-25(24)33)36-31(41)20-6-4-3-5-7-20/h8-12,14,16-18,20,23H,3-7,13,15,19H2,1-2H3,(H,34,42)(H,36,41)(H,35,37,38). The van der Waals surface area contributed by atoms with Crippen molar-refractivity contribution >= 4 is 39.7 Å². The minimum absolute atomic E-state index is 0.0247. The van der Waals surface area contributed by atoms with Crippen LogP contribution in [0.5, 0.6) is 0 Å². The first-order valence-electron chi connectivity index (χ1n) is 14.6. The summed E-state index contributed by atoms with van der Waals surface area (Å²) in [5, 5.41) is 6.49. The fraction of sp³-hybridized carbons (Fsp3) is 0.375. The molecule has 1 amide bonds. The van der Waals surface area contributed by atoms with E-state index in [2.05, 4.69) is 49.5 Å². The van der Waals surface area contributed by atoms with Crippen molar-refractivity contribution in [3.8, 4) is 11.3 Å². The van der Waals surface area contributed by atoms with Gasteiger partial charge in [0.25, 0.3) is 5.56 Å². The lowest BCUT2D eigenvalue weighted by atomic mass is 9.88. The van der Waals surface area contributed by atoms with E-state index >= 15 is 4.39 Å². The van der Waals surface area contributed by atoms with Crippen LogP contribution in [0.4, 0.5) is 27.3 Å². The number of carbonyl (C=O) groups is 1. The van der Waals surface area contributed by atoms with Crippen LogP contribution >= 0.6 is 0 Å². The van der Waals surface area contributed by atoms with E-state index in [0.29, 0.717) is 39.8 Å². The zero-order valence-electron chi connectivity index (χ0n) is 24.0. The highest BCUT2D eigenvalue weighted by atomic mass is 19.1. The van der Waals surface area contributed by atoms with Crippen molar-refractivity contribution in [1.29, 1.82) is 0 Å². The summed E-state index contributed by atoms with van der Waals surface area (Å²) in [6.45, 7) is 1.92. The number of hydrogen-bond donors (Lipinski definition) is 3. The molecule has 4 heterocycles. The molecule has 1 saturated carbocycles. The maximum atomic E-state index is 15.4. The predicted octanol–water partition coefficient (Wildman–Crippen LogP) is 5.53. The third-order valence-electron chi connectivity index (χ3n) is 8.49. The molecule has 0 bridgehead atoms. The molecule has 1 saturated heterocycles. The number of halogens is 1. The fourth-order valence-electron chi connectivity index (χ4n) is 6.02.